The second kappa shape index (κ2) is 6.45. The zero-order valence-electron chi connectivity index (χ0n) is 13.2. The van der Waals surface area contributed by atoms with Crippen molar-refractivity contribution in [2.75, 3.05) is 23.3 Å². The van der Waals surface area contributed by atoms with Gasteiger partial charge >= 0.3 is 0 Å². The number of aryl methyl sites for hydroxylation is 2. The number of anilines is 2. The zero-order valence-corrected chi connectivity index (χ0v) is 14.0. The Kier molecular flexibility index (Phi) is 4.18. The van der Waals surface area contributed by atoms with E-state index in [4.69, 9.17) is 4.98 Å². The smallest absolute Gasteiger partial charge is 0.151 e. The number of aliphatic hydroxyl groups is 1. The molecule has 23 heavy (non-hydrogen) atoms. The molecule has 6 heteroatoms. The summed E-state index contributed by atoms with van der Waals surface area (Å²) in [4.78, 5) is 13.0. The molecule has 1 aliphatic carbocycles. The van der Waals surface area contributed by atoms with Gasteiger partial charge in [0.25, 0.3) is 0 Å². The van der Waals surface area contributed by atoms with Crippen LogP contribution in [0.15, 0.2) is 18.3 Å². The van der Waals surface area contributed by atoms with Gasteiger partial charge in [-0.15, -0.1) is 11.3 Å². The lowest BCUT2D eigenvalue weighted by molar-refractivity contribution is 0.145. The SMILES string of the molecule is OC1CCN(c2ncccc2NCc2nc3c(s2)CCC3)CC1. The molecule has 5 nitrogen and oxygen atoms in total. The molecular formula is C17H22N4OS. The van der Waals surface area contributed by atoms with Crippen molar-refractivity contribution in [1.82, 2.24) is 9.97 Å². The molecule has 1 fully saturated rings. The van der Waals surface area contributed by atoms with E-state index in [2.05, 4.69) is 21.3 Å². The summed E-state index contributed by atoms with van der Waals surface area (Å²) in [5, 5.41) is 14.4. The van der Waals surface area contributed by atoms with Crippen molar-refractivity contribution in [3.8, 4) is 0 Å². The average molecular weight is 330 g/mol. The van der Waals surface area contributed by atoms with Gasteiger partial charge in [0.1, 0.15) is 5.01 Å². The van der Waals surface area contributed by atoms with E-state index in [1.54, 1.807) is 0 Å². The molecule has 0 saturated carbocycles. The van der Waals surface area contributed by atoms with E-state index in [-0.39, 0.29) is 6.10 Å². The molecule has 4 rings (SSSR count). The van der Waals surface area contributed by atoms with Crippen molar-refractivity contribution in [2.45, 2.75) is 44.8 Å². The monoisotopic (exact) mass is 330 g/mol. The standard InChI is InChI=1S/C17H22N4OS/c22-12-6-9-21(10-7-12)17-14(4-2-8-18-17)19-11-16-20-13-3-1-5-15(13)23-16/h2,4,8,12,19,22H,1,3,5-7,9-11H2. The first kappa shape index (κ1) is 14.9. The van der Waals surface area contributed by atoms with Gasteiger partial charge in [-0.1, -0.05) is 0 Å². The van der Waals surface area contributed by atoms with E-state index in [1.165, 1.54) is 28.4 Å². The van der Waals surface area contributed by atoms with Crippen molar-refractivity contribution in [2.24, 2.45) is 0 Å². The first-order valence-corrected chi connectivity index (χ1v) is 9.20. The van der Waals surface area contributed by atoms with Crippen LogP contribution in [-0.2, 0) is 19.4 Å². The molecular weight excluding hydrogens is 308 g/mol. The highest BCUT2D eigenvalue weighted by atomic mass is 32.1. The van der Waals surface area contributed by atoms with Crippen LogP contribution in [-0.4, -0.2) is 34.3 Å². The number of hydrogen-bond acceptors (Lipinski definition) is 6. The molecule has 0 aromatic carbocycles. The van der Waals surface area contributed by atoms with Crippen molar-refractivity contribution in [3.05, 3.63) is 33.9 Å². The lowest BCUT2D eigenvalue weighted by atomic mass is 10.1. The Morgan fingerprint density at radius 3 is 3.00 bits per heavy atom. The molecule has 3 heterocycles. The van der Waals surface area contributed by atoms with E-state index in [0.717, 1.165) is 50.4 Å². The summed E-state index contributed by atoms with van der Waals surface area (Å²) in [5.41, 5.74) is 2.36. The molecule has 0 atom stereocenters. The third-order valence-electron chi connectivity index (χ3n) is 4.62. The van der Waals surface area contributed by atoms with Crippen LogP contribution in [0.5, 0.6) is 0 Å². The number of hydrogen-bond donors (Lipinski definition) is 2. The second-order valence-corrected chi connectivity index (χ2v) is 7.45. The van der Waals surface area contributed by atoms with E-state index >= 15 is 0 Å². The van der Waals surface area contributed by atoms with Crippen LogP contribution >= 0.6 is 11.3 Å². The Bertz CT molecular complexity index is 657. The summed E-state index contributed by atoms with van der Waals surface area (Å²) < 4.78 is 0. The number of piperidine rings is 1. The molecule has 0 bridgehead atoms. The maximum atomic E-state index is 9.68. The van der Waals surface area contributed by atoms with Gasteiger partial charge in [-0.25, -0.2) is 9.97 Å². The zero-order chi connectivity index (χ0) is 15.6. The Morgan fingerprint density at radius 2 is 2.17 bits per heavy atom. The molecule has 1 aliphatic heterocycles. The number of rotatable bonds is 4. The van der Waals surface area contributed by atoms with Crippen LogP contribution in [0.25, 0.3) is 0 Å². The lowest BCUT2D eigenvalue weighted by Crippen LogP contribution is -2.36. The predicted molar refractivity (Wildman–Crippen MR) is 93.2 cm³/mol. The Hall–Kier alpha value is -1.66. The average Bonchev–Trinajstić information content (AvgIpc) is 3.15. The van der Waals surface area contributed by atoms with Crippen LogP contribution in [0.2, 0.25) is 0 Å². The van der Waals surface area contributed by atoms with Crippen LogP contribution in [0, 0.1) is 0 Å². The highest BCUT2D eigenvalue weighted by Gasteiger charge is 2.21. The van der Waals surface area contributed by atoms with Crippen molar-refractivity contribution in [1.29, 1.82) is 0 Å². The maximum absolute atomic E-state index is 9.68. The van der Waals surface area contributed by atoms with E-state index in [9.17, 15) is 5.11 Å². The van der Waals surface area contributed by atoms with Gasteiger partial charge in [0.05, 0.1) is 24.0 Å². The third-order valence-corrected chi connectivity index (χ3v) is 5.78. The summed E-state index contributed by atoms with van der Waals surface area (Å²) in [6.07, 6.45) is 6.90. The van der Waals surface area contributed by atoms with Crippen LogP contribution in [0.3, 0.4) is 0 Å². The number of aliphatic hydroxyl groups excluding tert-OH is 1. The topological polar surface area (TPSA) is 61.3 Å². The van der Waals surface area contributed by atoms with Crippen molar-refractivity contribution < 1.29 is 5.11 Å². The van der Waals surface area contributed by atoms with Gasteiger partial charge < -0.3 is 15.3 Å². The minimum Gasteiger partial charge on any atom is -0.393 e. The summed E-state index contributed by atoms with van der Waals surface area (Å²) in [6, 6.07) is 4.04. The predicted octanol–water partition coefficient (Wildman–Crippen LogP) is 2.60. The van der Waals surface area contributed by atoms with E-state index in [1.807, 2.05) is 23.6 Å². The minimum absolute atomic E-state index is 0.163. The fourth-order valence-electron chi connectivity index (χ4n) is 3.35. The lowest BCUT2D eigenvalue weighted by Gasteiger charge is -2.31. The normalized spacial score (nSPS) is 18.2. The molecule has 0 amide bonds. The number of nitrogens with zero attached hydrogens (tertiary/aromatic N) is 3. The Balaban J connectivity index is 1.46. The second-order valence-electron chi connectivity index (χ2n) is 6.28. The first-order valence-electron chi connectivity index (χ1n) is 8.39. The summed E-state index contributed by atoms with van der Waals surface area (Å²) in [6.45, 7) is 2.48. The molecule has 2 N–H and O–H groups in total. The van der Waals surface area contributed by atoms with Gasteiger partial charge in [-0.2, -0.15) is 0 Å². The van der Waals surface area contributed by atoms with Crippen molar-refractivity contribution >= 4 is 22.8 Å². The third kappa shape index (κ3) is 3.19. The molecule has 0 radical (unpaired) electrons. The van der Waals surface area contributed by atoms with Crippen LogP contribution in [0.1, 0.15) is 34.8 Å². The highest BCUT2D eigenvalue weighted by Crippen LogP contribution is 2.29. The van der Waals surface area contributed by atoms with Gasteiger partial charge in [-0.05, 0) is 44.2 Å². The number of nitrogens with one attached hydrogen (secondary N) is 1. The van der Waals surface area contributed by atoms with Crippen LogP contribution < -0.4 is 10.2 Å². The summed E-state index contributed by atoms with van der Waals surface area (Å²) >= 11 is 1.84. The van der Waals surface area contributed by atoms with E-state index < -0.39 is 0 Å². The molecule has 2 aliphatic rings. The van der Waals surface area contributed by atoms with Gasteiger partial charge in [0, 0.05) is 24.2 Å². The molecule has 122 valence electrons. The summed E-state index contributed by atoms with van der Waals surface area (Å²) in [7, 11) is 0. The fourth-order valence-corrected chi connectivity index (χ4v) is 4.45. The van der Waals surface area contributed by atoms with Gasteiger partial charge in [0.15, 0.2) is 5.82 Å². The van der Waals surface area contributed by atoms with Gasteiger partial charge in [-0.3, -0.25) is 0 Å². The first-order chi connectivity index (χ1) is 11.3. The van der Waals surface area contributed by atoms with Gasteiger partial charge in [0.2, 0.25) is 0 Å². The number of aromatic nitrogens is 2. The molecule has 0 spiro atoms. The van der Waals surface area contributed by atoms with Crippen molar-refractivity contribution in [3.63, 3.8) is 0 Å². The molecule has 2 aromatic heterocycles. The highest BCUT2D eigenvalue weighted by molar-refractivity contribution is 7.11. The molecule has 1 saturated heterocycles. The number of fused-ring (bicyclic) bond motifs is 1. The van der Waals surface area contributed by atoms with E-state index in [0.29, 0.717) is 0 Å². The number of thiazole rings is 1. The maximum Gasteiger partial charge on any atom is 0.151 e. The molecule has 0 unspecified atom stereocenters. The minimum atomic E-state index is -0.163. The quantitative estimate of drug-likeness (QED) is 0.902. The molecule has 2 aromatic rings. The number of pyridine rings is 1. The fraction of sp³-hybridized carbons (Fsp3) is 0.529. The summed E-state index contributed by atoms with van der Waals surface area (Å²) in [5.74, 6) is 0.989. The Morgan fingerprint density at radius 1 is 1.30 bits per heavy atom. The Labute approximate surface area is 140 Å². The van der Waals surface area contributed by atoms with Crippen LogP contribution in [0.4, 0.5) is 11.5 Å². The largest absolute Gasteiger partial charge is 0.393 e.